The fourth-order valence-electron chi connectivity index (χ4n) is 2.97. The molecule has 3 heteroatoms. The maximum atomic E-state index is 4.27. The lowest BCUT2D eigenvalue weighted by Crippen LogP contribution is -2.39. The number of aromatic nitrogens is 2. The zero-order chi connectivity index (χ0) is 13.0. The molecule has 0 spiro atoms. The van der Waals surface area contributed by atoms with E-state index >= 15 is 0 Å². The van der Waals surface area contributed by atoms with Crippen molar-refractivity contribution >= 4 is 0 Å². The molecule has 1 aromatic heterocycles. The summed E-state index contributed by atoms with van der Waals surface area (Å²) in [5.74, 6) is 0. The summed E-state index contributed by atoms with van der Waals surface area (Å²) in [6, 6.07) is 3.18. The minimum Gasteiger partial charge on any atom is -0.310 e. The van der Waals surface area contributed by atoms with Crippen LogP contribution in [0.4, 0.5) is 0 Å². The van der Waals surface area contributed by atoms with Crippen LogP contribution in [0.2, 0.25) is 0 Å². The average molecular weight is 249 g/mol. The van der Waals surface area contributed by atoms with E-state index < -0.39 is 0 Å². The highest BCUT2D eigenvalue weighted by Crippen LogP contribution is 2.33. The zero-order valence-corrected chi connectivity index (χ0v) is 12.0. The fraction of sp³-hybridized carbons (Fsp3) is 0.800. The van der Waals surface area contributed by atoms with Gasteiger partial charge in [-0.1, -0.05) is 20.3 Å². The lowest BCUT2D eigenvalue weighted by molar-refractivity contribution is 0.305. The summed E-state index contributed by atoms with van der Waals surface area (Å²) in [6.07, 6.45) is 10.6. The average Bonchev–Trinajstić information content (AvgIpc) is 2.72. The molecule has 0 amide bonds. The Labute approximate surface area is 111 Å². The third-order valence-electron chi connectivity index (χ3n) is 4.12. The molecule has 1 saturated carbocycles. The van der Waals surface area contributed by atoms with E-state index in [1.54, 1.807) is 0 Å². The van der Waals surface area contributed by atoms with Gasteiger partial charge < -0.3 is 5.32 Å². The van der Waals surface area contributed by atoms with Gasteiger partial charge in [0, 0.05) is 24.5 Å². The maximum absolute atomic E-state index is 4.27. The van der Waals surface area contributed by atoms with Gasteiger partial charge in [0.2, 0.25) is 0 Å². The molecule has 1 aliphatic carbocycles. The molecule has 2 rings (SSSR count). The first-order valence-corrected chi connectivity index (χ1v) is 7.29. The zero-order valence-electron chi connectivity index (χ0n) is 12.0. The van der Waals surface area contributed by atoms with Gasteiger partial charge in [0.1, 0.15) is 0 Å². The number of hydrogen-bond donors (Lipinski definition) is 1. The molecule has 1 heterocycles. The molecule has 18 heavy (non-hydrogen) atoms. The highest BCUT2D eigenvalue weighted by molar-refractivity contribution is 4.82. The summed E-state index contributed by atoms with van der Waals surface area (Å²) >= 11 is 0. The number of nitrogens with zero attached hydrogens (tertiary/aromatic N) is 2. The first kappa shape index (κ1) is 13.6. The van der Waals surface area contributed by atoms with Crippen molar-refractivity contribution in [2.45, 2.75) is 71.5 Å². The van der Waals surface area contributed by atoms with Crippen LogP contribution in [0.1, 0.15) is 52.9 Å². The first-order valence-electron chi connectivity index (χ1n) is 7.29. The van der Waals surface area contributed by atoms with Crippen molar-refractivity contribution in [3.8, 4) is 0 Å². The lowest BCUT2D eigenvalue weighted by Gasteiger charge is -2.24. The SMILES string of the molecule is CC(Cn1cccn1)NC1CCCC(C)(C)CC1. The van der Waals surface area contributed by atoms with Crippen molar-refractivity contribution in [1.29, 1.82) is 0 Å². The Morgan fingerprint density at radius 3 is 2.94 bits per heavy atom. The third-order valence-corrected chi connectivity index (χ3v) is 4.12. The highest BCUT2D eigenvalue weighted by atomic mass is 15.3. The Bertz CT molecular complexity index is 343. The Kier molecular flexibility index (Phi) is 4.44. The summed E-state index contributed by atoms with van der Waals surface area (Å²) < 4.78 is 2.01. The van der Waals surface area contributed by atoms with Gasteiger partial charge in [-0.15, -0.1) is 0 Å². The molecular formula is C15H27N3. The smallest absolute Gasteiger partial charge is 0.0560 e. The van der Waals surface area contributed by atoms with Gasteiger partial charge in [0.15, 0.2) is 0 Å². The van der Waals surface area contributed by atoms with Gasteiger partial charge in [-0.25, -0.2) is 0 Å². The van der Waals surface area contributed by atoms with E-state index in [2.05, 4.69) is 31.2 Å². The summed E-state index contributed by atoms with van der Waals surface area (Å²) in [4.78, 5) is 0. The van der Waals surface area contributed by atoms with Gasteiger partial charge >= 0.3 is 0 Å². The van der Waals surface area contributed by atoms with Crippen molar-refractivity contribution < 1.29 is 0 Å². The van der Waals surface area contributed by atoms with Gasteiger partial charge in [-0.05, 0) is 44.1 Å². The van der Waals surface area contributed by atoms with Crippen LogP contribution in [-0.4, -0.2) is 21.9 Å². The van der Waals surface area contributed by atoms with Crippen molar-refractivity contribution in [2.75, 3.05) is 0 Å². The number of nitrogens with one attached hydrogen (secondary N) is 1. The topological polar surface area (TPSA) is 29.9 Å². The Balaban J connectivity index is 1.78. The largest absolute Gasteiger partial charge is 0.310 e. The molecule has 0 bridgehead atoms. The normalized spacial score (nSPS) is 25.6. The molecule has 2 unspecified atom stereocenters. The first-order chi connectivity index (χ1) is 8.55. The molecule has 2 atom stereocenters. The van der Waals surface area contributed by atoms with Crippen molar-refractivity contribution in [3.05, 3.63) is 18.5 Å². The Hall–Kier alpha value is -0.830. The molecule has 0 saturated heterocycles. The Morgan fingerprint density at radius 1 is 1.39 bits per heavy atom. The predicted octanol–water partition coefficient (Wildman–Crippen LogP) is 3.22. The van der Waals surface area contributed by atoms with E-state index in [0.29, 0.717) is 17.5 Å². The van der Waals surface area contributed by atoms with Crippen molar-refractivity contribution in [1.82, 2.24) is 15.1 Å². The van der Waals surface area contributed by atoms with E-state index in [9.17, 15) is 0 Å². The van der Waals surface area contributed by atoms with E-state index in [1.807, 2.05) is 23.1 Å². The Morgan fingerprint density at radius 2 is 2.22 bits per heavy atom. The molecule has 3 nitrogen and oxygen atoms in total. The van der Waals surface area contributed by atoms with Crippen LogP contribution in [0.25, 0.3) is 0 Å². The van der Waals surface area contributed by atoms with E-state index in [4.69, 9.17) is 0 Å². The second kappa shape index (κ2) is 5.87. The van der Waals surface area contributed by atoms with Gasteiger partial charge in [-0.2, -0.15) is 5.10 Å². The molecule has 0 aromatic carbocycles. The van der Waals surface area contributed by atoms with Gasteiger partial charge in [0.05, 0.1) is 6.54 Å². The molecular weight excluding hydrogens is 222 g/mol. The molecule has 0 aliphatic heterocycles. The molecule has 1 aliphatic rings. The van der Waals surface area contributed by atoms with Crippen LogP contribution in [0.3, 0.4) is 0 Å². The van der Waals surface area contributed by atoms with Crippen molar-refractivity contribution in [3.63, 3.8) is 0 Å². The number of hydrogen-bond acceptors (Lipinski definition) is 2. The van der Waals surface area contributed by atoms with E-state index in [-0.39, 0.29) is 0 Å². The van der Waals surface area contributed by atoms with Gasteiger partial charge in [-0.3, -0.25) is 4.68 Å². The van der Waals surface area contributed by atoms with Crippen molar-refractivity contribution in [2.24, 2.45) is 5.41 Å². The lowest BCUT2D eigenvalue weighted by atomic mass is 9.85. The van der Waals surface area contributed by atoms with Crippen LogP contribution < -0.4 is 5.32 Å². The maximum Gasteiger partial charge on any atom is 0.0560 e. The van der Waals surface area contributed by atoms with Crippen LogP contribution in [0.15, 0.2) is 18.5 Å². The van der Waals surface area contributed by atoms with Gasteiger partial charge in [0.25, 0.3) is 0 Å². The van der Waals surface area contributed by atoms with Crippen LogP contribution >= 0.6 is 0 Å². The van der Waals surface area contributed by atoms with Crippen LogP contribution in [0.5, 0.6) is 0 Å². The molecule has 102 valence electrons. The minimum absolute atomic E-state index is 0.496. The minimum atomic E-state index is 0.496. The fourth-order valence-corrected chi connectivity index (χ4v) is 2.97. The summed E-state index contributed by atoms with van der Waals surface area (Å²) in [5, 5.41) is 8.04. The van der Waals surface area contributed by atoms with E-state index in [0.717, 1.165) is 6.54 Å². The third kappa shape index (κ3) is 4.13. The highest BCUT2D eigenvalue weighted by Gasteiger charge is 2.24. The van der Waals surface area contributed by atoms with Crippen LogP contribution in [0, 0.1) is 5.41 Å². The summed E-state index contributed by atoms with van der Waals surface area (Å²) in [7, 11) is 0. The molecule has 1 N–H and O–H groups in total. The van der Waals surface area contributed by atoms with E-state index in [1.165, 1.54) is 32.1 Å². The monoisotopic (exact) mass is 249 g/mol. The quantitative estimate of drug-likeness (QED) is 0.830. The second-order valence-electron chi connectivity index (χ2n) is 6.59. The molecule has 0 radical (unpaired) electrons. The van der Waals surface area contributed by atoms with Crippen LogP contribution in [-0.2, 0) is 6.54 Å². The number of rotatable bonds is 4. The predicted molar refractivity (Wildman–Crippen MR) is 75.5 cm³/mol. The molecule has 1 aromatic rings. The summed E-state index contributed by atoms with van der Waals surface area (Å²) in [6.45, 7) is 8.04. The molecule has 1 fully saturated rings. The standard InChI is InChI=1S/C15H27N3/c1-13(12-18-11-5-10-16-18)17-14-6-4-8-15(2,3)9-7-14/h5,10-11,13-14,17H,4,6-9,12H2,1-3H3. The summed E-state index contributed by atoms with van der Waals surface area (Å²) in [5.41, 5.74) is 0.543. The second-order valence-corrected chi connectivity index (χ2v) is 6.59.